The van der Waals surface area contributed by atoms with E-state index in [1.807, 2.05) is 12.1 Å². The minimum atomic E-state index is 0.129. The van der Waals surface area contributed by atoms with Crippen LogP contribution in [0.15, 0.2) is 36.4 Å². The van der Waals surface area contributed by atoms with Crippen LogP contribution in [0.2, 0.25) is 4.34 Å². The third-order valence-electron chi connectivity index (χ3n) is 2.86. The van der Waals surface area contributed by atoms with Gasteiger partial charge in [0.05, 0.1) is 9.21 Å². The summed E-state index contributed by atoms with van der Waals surface area (Å²) in [6, 6.07) is 11.8. The Kier molecular flexibility index (Phi) is 4.20. The maximum absolute atomic E-state index is 12.0. The highest BCUT2D eigenvalue weighted by Gasteiger charge is 2.10. The molecule has 0 fully saturated rings. The Bertz CT molecular complexity index is 540. The summed E-state index contributed by atoms with van der Waals surface area (Å²) in [5.41, 5.74) is 2.35. The number of carbonyl (C=O) groups excluding carboxylic acids is 1. The molecule has 0 atom stereocenters. The molecular weight excluding hydrogens is 264 g/mol. The number of carbonyl (C=O) groups is 1. The molecule has 0 unspecified atom stereocenters. The van der Waals surface area contributed by atoms with Gasteiger partial charge in [-0.1, -0.05) is 49.7 Å². The molecule has 0 aliphatic heterocycles. The zero-order valence-electron chi connectivity index (χ0n) is 10.4. The number of rotatable bonds is 4. The monoisotopic (exact) mass is 278 g/mol. The zero-order chi connectivity index (χ0) is 13.1. The van der Waals surface area contributed by atoms with Crippen LogP contribution in [0.1, 0.15) is 40.6 Å². The molecule has 0 aliphatic rings. The predicted octanol–water partition coefficient (Wildman–Crippen LogP) is 4.95. The number of thiophene rings is 1. The lowest BCUT2D eigenvalue weighted by Gasteiger charge is -2.06. The maximum Gasteiger partial charge on any atom is 0.177 e. The second kappa shape index (κ2) is 5.68. The smallest absolute Gasteiger partial charge is 0.177 e. The summed E-state index contributed by atoms with van der Waals surface area (Å²) in [6.45, 7) is 4.32. The van der Waals surface area contributed by atoms with Crippen molar-refractivity contribution in [2.75, 3.05) is 0 Å². The van der Waals surface area contributed by atoms with Gasteiger partial charge in [-0.3, -0.25) is 4.79 Å². The first-order valence-corrected chi connectivity index (χ1v) is 7.13. The van der Waals surface area contributed by atoms with Crippen molar-refractivity contribution in [3.05, 3.63) is 56.7 Å². The van der Waals surface area contributed by atoms with Gasteiger partial charge < -0.3 is 0 Å². The topological polar surface area (TPSA) is 17.1 Å². The fraction of sp³-hybridized carbons (Fsp3) is 0.267. The molecule has 0 N–H and O–H groups in total. The summed E-state index contributed by atoms with van der Waals surface area (Å²) in [4.78, 5) is 12.7. The number of Topliss-reactive ketones (excluding diaryl/α,β-unsaturated/α-hetero) is 1. The molecule has 2 rings (SSSR count). The Balaban J connectivity index is 2.07. The first kappa shape index (κ1) is 13.3. The van der Waals surface area contributed by atoms with Gasteiger partial charge in [0.25, 0.3) is 0 Å². The largest absolute Gasteiger partial charge is 0.293 e. The Morgan fingerprint density at radius 2 is 1.83 bits per heavy atom. The maximum atomic E-state index is 12.0. The number of hydrogen-bond donors (Lipinski definition) is 0. The summed E-state index contributed by atoms with van der Waals surface area (Å²) in [7, 11) is 0. The van der Waals surface area contributed by atoms with Crippen molar-refractivity contribution in [2.45, 2.75) is 26.2 Å². The van der Waals surface area contributed by atoms with E-state index in [4.69, 9.17) is 11.6 Å². The third-order valence-corrected chi connectivity index (χ3v) is 4.13. The van der Waals surface area contributed by atoms with Gasteiger partial charge in [-0.15, -0.1) is 11.3 Å². The summed E-state index contributed by atoms with van der Waals surface area (Å²) in [6.07, 6.45) is 0.440. The van der Waals surface area contributed by atoms with Crippen LogP contribution >= 0.6 is 22.9 Å². The van der Waals surface area contributed by atoms with Gasteiger partial charge >= 0.3 is 0 Å². The molecule has 0 bridgehead atoms. The predicted molar refractivity (Wildman–Crippen MR) is 77.9 cm³/mol. The minimum absolute atomic E-state index is 0.129. The normalized spacial score (nSPS) is 10.9. The Labute approximate surface area is 116 Å². The van der Waals surface area contributed by atoms with Crippen LogP contribution in [0.4, 0.5) is 0 Å². The molecule has 0 radical (unpaired) electrons. The standard InChI is InChI=1S/C15H15ClOS/c1-10(2)12-5-3-11(4-6-12)9-13(17)14-7-8-15(16)18-14/h3-8,10H,9H2,1-2H3. The molecule has 1 aromatic carbocycles. The van der Waals surface area contributed by atoms with Gasteiger partial charge in [-0.05, 0) is 29.2 Å². The molecule has 0 spiro atoms. The fourth-order valence-corrected chi connectivity index (χ4v) is 2.74. The SMILES string of the molecule is CC(C)c1ccc(CC(=O)c2ccc(Cl)s2)cc1. The molecule has 18 heavy (non-hydrogen) atoms. The van der Waals surface area contributed by atoms with Crippen molar-refractivity contribution in [3.8, 4) is 0 Å². The molecule has 0 saturated heterocycles. The lowest BCUT2D eigenvalue weighted by atomic mass is 10.00. The van der Waals surface area contributed by atoms with E-state index in [9.17, 15) is 4.79 Å². The van der Waals surface area contributed by atoms with Crippen LogP contribution < -0.4 is 0 Å². The van der Waals surface area contributed by atoms with Gasteiger partial charge in [0, 0.05) is 6.42 Å². The summed E-state index contributed by atoms with van der Waals surface area (Å²) < 4.78 is 0.661. The van der Waals surface area contributed by atoms with Gasteiger partial charge in [0.1, 0.15) is 0 Å². The van der Waals surface area contributed by atoms with E-state index >= 15 is 0 Å². The first-order valence-electron chi connectivity index (χ1n) is 5.93. The average Bonchev–Trinajstić information content (AvgIpc) is 2.76. The second-order valence-corrected chi connectivity index (χ2v) is 6.32. The first-order chi connectivity index (χ1) is 8.56. The number of benzene rings is 1. The molecular formula is C15H15ClOS. The van der Waals surface area contributed by atoms with E-state index in [1.54, 1.807) is 12.1 Å². The van der Waals surface area contributed by atoms with Crippen LogP contribution in [0, 0.1) is 0 Å². The van der Waals surface area contributed by atoms with Crippen LogP contribution in [0.5, 0.6) is 0 Å². The summed E-state index contributed by atoms with van der Waals surface area (Å²) >= 11 is 7.17. The minimum Gasteiger partial charge on any atom is -0.293 e. The molecule has 1 heterocycles. The van der Waals surface area contributed by atoms with Crippen molar-refractivity contribution < 1.29 is 4.79 Å². The highest BCUT2D eigenvalue weighted by atomic mass is 35.5. The van der Waals surface area contributed by atoms with E-state index in [-0.39, 0.29) is 5.78 Å². The fourth-order valence-electron chi connectivity index (χ4n) is 1.76. The van der Waals surface area contributed by atoms with Crippen molar-refractivity contribution in [2.24, 2.45) is 0 Å². The van der Waals surface area contributed by atoms with Gasteiger partial charge in [0.15, 0.2) is 5.78 Å². The third kappa shape index (κ3) is 3.21. The van der Waals surface area contributed by atoms with Crippen LogP contribution in [-0.2, 0) is 6.42 Å². The number of halogens is 1. The second-order valence-electron chi connectivity index (χ2n) is 4.60. The molecule has 3 heteroatoms. The van der Waals surface area contributed by atoms with Crippen molar-refractivity contribution >= 4 is 28.7 Å². The quantitative estimate of drug-likeness (QED) is 0.723. The van der Waals surface area contributed by atoms with Crippen LogP contribution in [0.25, 0.3) is 0 Å². The molecule has 2 aromatic rings. The molecule has 1 aromatic heterocycles. The van der Waals surface area contributed by atoms with E-state index in [1.165, 1.54) is 16.9 Å². The number of hydrogen-bond acceptors (Lipinski definition) is 2. The van der Waals surface area contributed by atoms with E-state index < -0.39 is 0 Å². The highest BCUT2D eigenvalue weighted by molar-refractivity contribution is 7.18. The van der Waals surface area contributed by atoms with E-state index in [2.05, 4.69) is 26.0 Å². The Hall–Kier alpha value is -1.12. The lowest BCUT2D eigenvalue weighted by Crippen LogP contribution is -2.01. The average molecular weight is 279 g/mol. The molecule has 0 saturated carbocycles. The number of ketones is 1. The molecule has 0 aliphatic carbocycles. The lowest BCUT2D eigenvalue weighted by molar-refractivity contribution is 0.0997. The van der Waals surface area contributed by atoms with E-state index in [0.29, 0.717) is 16.7 Å². The van der Waals surface area contributed by atoms with E-state index in [0.717, 1.165) is 10.4 Å². The Morgan fingerprint density at radius 1 is 1.17 bits per heavy atom. The molecule has 1 nitrogen and oxygen atoms in total. The van der Waals surface area contributed by atoms with Gasteiger partial charge in [-0.25, -0.2) is 0 Å². The molecule has 0 amide bonds. The zero-order valence-corrected chi connectivity index (χ0v) is 12.0. The molecule has 94 valence electrons. The van der Waals surface area contributed by atoms with Crippen molar-refractivity contribution in [1.82, 2.24) is 0 Å². The van der Waals surface area contributed by atoms with Crippen LogP contribution in [-0.4, -0.2) is 5.78 Å². The van der Waals surface area contributed by atoms with Crippen molar-refractivity contribution in [3.63, 3.8) is 0 Å². The van der Waals surface area contributed by atoms with Gasteiger partial charge in [0.2, 0.25) is 0 Å². The van der Waals surface area contributed by atoms with Crippen molar-refractivity contribution in [1.29, 1.82) is 0 Å². The van der Waals surface area contributed by atoms with Gasteiger partial charge in [-0.2, -0.15) is 0 Å². The summed E-state index contributed by atoms with van der Waals surface area (Å²) in [5, 5.41) is 0. The van der Waals surface area contributed by atoms with Crippen LogP contribution in [0.3, 0.4) is 0 Å². The summed E-state index contributed by atoms with van der Waals surface area (Å²) in [5.74, 6) is 0.648. The Morgan fingerprint density at radius 3 is 2.33 bits per heavy atom. The highest BCUT2D eigenvalue weighted by Crippen LogP contribution is 2.23.